The van der Waals surface area contributed by atoms with Gasteiger partial charge < -0.3 is 14.8 Å². The molecule has 0 unspecified atom stereocenters. The molecule has 0 amide bonds. The van der Waals surface area contributed by atoms with E-state index in [0.717, 1.165) is 17.0 Å². The molecule has 1 aliphatic heterocycles. The Morgan fingerprint density at radius 2 is 1.91 bits per heavy atom. The summed E-state index contributed by atoms with van der Waals surface area (Å²) >= 11 is 3.22. The summed E-state index contributed by atoms with van der Waals surface area (Å²) in [5.74, 6) is -0.949. The molecule has 0 radical (unpaired) electrons. The van der Waals surface area contributed by atoms with Crippen molar-refractivity contribution in [3.63, 3.8) is 0 Å². The summed E-state index contributed by atoms with van der Waals surface area (Å²) < 4.78 is 24.7. The van der Waals surface area contributed by atoms with Crippen molar-refractivity contribution >= 4 is 27.7 Å². The van der Waals surface area contributed by atoms with Crippen molar-refractivity contribution in [1.82, 2.24) is 5.32 Å². The highest BCUT2D eigenvalue weighted by Gasteiger charge is 2.41. The Labute approximate surface area is 194 Å². The number of ketones is 1. The van der Waals surface area contributed by atoms with Crippen LogP contribution in [0.5, 0.6) is 5.75 Å². The predicted molar refractivity (Wildman–Crippen MR) is 122 cm³/mol. The van der Waals surface area contributed by atoms with Gasteiger partial charge in [-0.2, -0.15) is 0 Å². The largest absolute Gasteiger partial charge is 0.496 e. The van der Waals surface area contributed by atoms with Crippen molar-refractivity contribution in [1.29, 1.82) is 0 Å². The molecule has 5 nitrogen and oxygen atoms in total. The standard InChI is InChI=1S/C25H23BrFNO4/c1-13-22(25(30)32-3)23(14-8-9-18(27)17(26)10-14)24-19(28-13)11-15(12-20(24)29)16-6-4-5-7-21(16)31-2/h4-10,15,23,28H,11-12H2,1-3H3/t15-,23-/m0/s1. The Kier molecular flexibility index (Phi) is 6.20. The van der Waals surface area contributed by atoms with Crippen LogP contribution in [0.25, 0.3) is 0 Å². The molecule has 0 saturated heterocycles. The average molecular weight is 500 g/mol. The predicted octanol–water partition coefficient (Wildman–Crippen LogP) is 5.13. The van der Waals surface area contributed by atoms with E-state index in [-0.39, 0.29) is 22.6 Å². The van der Waals surface area contributed by atoms with Crippen LogP contribution in [0, 0.1) is 5.82 Å². The fourth-order valence-corrected chi connectivity index (χ4v) is 5.06. The Balaban J connectivity index is 1.83. The highest BCUT2D eigenvalue weighted by atomic mass is 79.9. The number of esters is 1. The van der Waals surface area contributed by atoms with Crippen LogP contribution in [0.4, 0.5) is 4.39 Å². The van der Waals surface area contributed by atoms with Crippen LogP contribution in [0.2, 0.25) is 0 Å². The lowest BCUT2D eigenvalue weighted by Crippen LogP contribution is -2.36. The van der Waals surface area contributed by atoms with Gasteiger partial charge in [0, 0.05) is 35.2 Å². The second-order valence-electron chi connectivity index (χ2n) is 7.92. The summed E-state index contributed by atoms with van der Waals surface area (Å²) in [6.07, 6.45) is 0.874. The molecule has 0 saturated carbocycles. The molecular weight excluding hydrogens is 477 g/mol. The van der Waals surface area contributed by atoms with E-state index in [1.165, 1.54) is 13.2 Å². The van der Waals surface area contributed by atoms with Gasteiger partial charge in [-0.05, 0) is 58.6 Å². The first-order chi connectivity index (χ1) is 15.3. The van der Waals surface area contributed by atoms with Crippen molar-refractivity contribution in [3.05, 3.63) is 86.4 Å². The fraction of sp³-hybridized carbons (Fsp3) is 0.280. The van der Waals surface area contributed by atoms with E-state index in [0.29, 0.717) is 28.8 Å². The topological polar surface area (TPSA) is 64.6 Å². The van der Waals surface area contributed by atoms with Gasteiger partial charge in [0.1, 0.15) is 11.6 Å². The summed E-state index contributed by atoms with van der Waals surface area (Å²) in [6.45, 7) is 1.79. The van der Waals surface area contributed by atoms with Gasteiger partial charge in [0.05, 0.1) is 24.3 Å². The lowest BCUT2D eigenvalue weighted by Gasteiger charge is -2.36. The number of rotatable bonds is 4. The fourth-order valence-electron chi connectivity index (χ4n) is 4.67. The summed E-state index contributed by atoms with van der Waals surface area (Å²) in [5.41, 5.74) is 3.89. The molecule has 2 aromatic rings. The third-order valence-electron chi connectivity index (χ3n) is 6.09. The summed E-state index contributed by atoms with van der Waals surface area (Å²) in [7, 11) is 2.93. The number of ether oxygens (including phenoxy) is 2. The second kappa shape index (κ2) is 8.90. The minimum atomic E-state index is -0.637. The Morgan fingerprint density at radius 3 is 2.59 bits per heavy atom. The number of carbonyl (C=O) groups excluding carboxylic acids is 2. The number of hydrogen-bond acceptors (Lipinski definition) is 5. The van der Waals surface area contributed by atoms with Crippen molar-refractivity contribution in [2.75, 3.05) is 14.2 Å². The molecule has 32 heavy (non-hydrogen) atoms. The van der Waals surface area contributed by atoms with Gasteiger partial charge in [0.15, 0.2) is 5.78 Å². The Bertz CT molecular complexity index is 1170. The Morgan fingerprint density at radius 1 is 1.16 bits per heavy atom. The molecule has 4 rings (SSSR count). The van der Waals surface area contributed by atoms with Crippen LogP contribution in [-0.2, 0) is 14.3 Å². The zero-order valence-corrected chi connectivity index (χ0v) is 19.6. The number of nitrogens with one attached hydrogen (secondary N) is 1. The first-order valence-corrected chi connectivity index (χ1v) is 11.0. The van der Waals surface area contributed by atoms with E-state index >= 15 is 0 Å². The first-order valence-electron chi connectivity index (χ1n) is 10.3. The molecule has 0 aromatic heterocycles. The molecule has 7 heteroatoms. The van der Waals surface area contributed by atoms with Crippen molar-refractivity contribution in [2.24, 2.45) is 0 Å². The molecular formula is C25H23BrFNO4. The zero-order valence-electron chi connectivity index (χ0n) is 18.0. The van der Waals surface area contributed by atoms with Gasteiger partial charge in [0.2, 0.25) is 0 Å². The SMILES string of the molecule is COC(=O)C1=C(C)NC2=C(C(=O)C[C@@H](c3ccccc3OC)C2)[C@H]1c1ccc(F)c(Br)c1. The number of methoxy groups -OCH3 is 2. The summed E-state index contributed by atoms with van der Waals surface area (Å²) in [5, 5.41) is 3.29. The van der Waals surface area contributed by atoms with E-state index in [1.54, 1.807) is 26.2 Å². The van der Waals surface area contributed by atoms with Crippen molar-refractivity contribution in [2.45, 2.75) is 31.6 Å². The maximum atomic E-state index is 13.9. The van der Waals surface area contributed by atoms with Crippen molar-refractivity contribution < 1.29 is 23.5 Å². The molecule has 2 atom stereocenters. The summed E-state index contributed by atoms with van der Waals surface area (Å²) in [6, 6.07) is 12.2. The molecule has 1 N–H and O–H groups in total. The number of Topliss-reactive ketones (excluding diaryl/α,β-unsaturated/α-hetero) is 1. The van der Waals surface area contributed by atoms with Gasteiger partial charge in [-0.15, -0.1) is 0 Å². The maximum Gasteiger partial charge on any atom is 0.336 e. The smallest absolute Gasteiger partial charge is 0.336 e. The van der Waals surface area contributed by atoms with E-state index < -0.39 is 17.7 Å². The number of carbonyl (C=O) groups is 2. The average Bonchev–Trinajstić information content (AvgIpc) is 2.79. The van der Waals surface area contributed by atoms with Crippen molar-refractivity contribution in [3.8, 4) is 5.75 Å². The molecule has 0 spiro atoms. The van der Waals surface area contributed by atoms with E-state index in [9.17, 15) is 14.0 Å². The lowest BCUT2D eigenvalue weighted by atomic mass is 9.71. The molecule has 1 heterocycles. The molecule has 166 valence electrons. The third-order valence-corrected chi connectivity index (χ3v) is 6.70. The van der Waals surface area contributed by atoms with E-state index in [2.05, 4.69) is 21.2 Å². The monoisotopic (exact) mass is 499 g/mol. The van der Waals surface area contributed by atoms with Gasteiger partial charge in [0.25, 0.3) is 0 Å². The number of dihydropyridines is 1. The van der Waals surface area contributed by atoms with Crippen LogP contribution in [0.3, 0.4) is 0 Å². The van der Waals surface area contributed by atoms with Crippen LogP contribution >= 0.6 is 15.9 Å². The highest BCUT2D eigenvalue weighted by molar-refractivity contribution is 9.10. The zero-order chi connectivity index (χ0) is 23.0. The lowest BCUT2D eigenvalue weighted by molar-refractivity contribution is -0.136. The first kappa shape index (κ1) is 22.3. The molecule has 0 bridgehead atoms. The normalized spacial score (nSPS) is 20.6. The molecule has 2 aromatic carbocycles. The van der Waals surface area contributed by atoms with Crippen LogP contribution in [0.15, 0.2) is 69.5 Å². The third kappa shape index (κ3) is 3.86. The number of benzene rings is 2. The molecule has 1 aliphatic carbocycles. The highest BCUT2D eigenvalue weighted by Crippen LogP contribution is 2.47. The Hall–Kier alpha value is -2.93. The molecule has 0 fully saturated rings. The minimum absolute atomic E-state index is 0.0574. The van der Waals surface area contributed by atoms with Crippen LogP contribution in [0.1, 0.15) is 42.7 Å². The number of para-hydroxylation sites is 1. The maximum absolute atomic E-state index is 13.9. The van der Waals surface area contributed by atoms with Gasteiger partial charge in [-0.3, -0.25) is 4.79 Å². The van der Waals surface area contributed by atoms with E-state index in [1.807, 2.05) is 24.3 Å². The van der Waals surface area contributed by atoms with Gasteiger partial charge in [-0.1, -0.05) is 24.3 Å². The van der Waals surface area contributed by atoms with Gasteiger partial charge in [-0.25, -0.2) is 9.18 Å². The number of hydrogen-bond donors (Lipinski definition) is 1. The molecule has 2 aliphatic rings. The number of allylic oxidation sites excluding steroid dienone is 3. The quantitative estimate of drug-likeness (QED) is 0.590. The van der Waals surface area contributed by atoms with Crippen LogP contribution < -0.4 is 10.1 Å². The van der Waals surface area contributed by atoms with E-state index in [4.69, 9.17) is 9.47 Å². The number of halogens is 2. The summed E-state index contributed by atoms with van der Waals surface area (Å²) in [4.78, 5) is 26.2. The van der Waals surface area contributed by atoms with Crippen LogP contribution in [-0.4, -0.2) is 26.0 Å². The van der Waals surface area contributed by atoms with Gasteiger partial charge >= 0.3 is 5.97 Å². The minimum Gasteiger partial charge on any atom is -0.496 e. The second-order valence-corrected chi connectivity index (χ2v) is 8.78.